The van der Waals surface area contributed by atoms with E-state index in [1.54, 1.807) is 0 Å². The molecular weight excluding hydrogens is 344 g/mol. The third-order valence-corrected chi connectivity index (χ3v) is 6.52. The molecule has 2 fully saturated rings. The molecule has 1 aromatic carbocycles. The van der Waals surface area contributed by atoms with Gasteiger partial charge in [-0.15, -0.1) is 0 Å². The molecule has 150 valence electrons. The summed E-state index contributed by atoms with van der Waals surface area (Å²) in [6.45, 7) is 10.6. The lowest BCUT2D eigenvalue weighted by Crippen LogP contribution is -2.52. The van der Waals surface area contributed by atoms with Gasteiger partial charge >= 0.3 is 0 Å². The van der Waals surface area contributed by atoms with Crippen molar-refractivity contribution in [2.45, 2.75) is 38.8 Å². The molecule has 2 saturated heterocycles. The van der Waals surface area contributed by atoms with Crippen molar-refractivity contribution in [1.82, 2.24) is 14.8 Å². The Bertz CT molecular complexity index is 697. The Balaban J connectivity index is 1.18. The number of hydrogen-bond acceptors (Lipinski definition) is 4. The van der Waals surface area contributed by atoms with Gasteiger partial charge in [0.1, 0.15) is 5.82 Å². The van der Waals surface area contributed by atoms with Crippen molar-refractivity contribution in [1.29, 1.82) is 0 Å². The molecule has 28 heavy (non-hydrogen) atoms. The van der Waals surface area contributed by atoms with E-state index in [9.17, 15) is 0 Å². The standard InChI is InChI=1S/C24H34N4/c1-21-19-28(24-9-5-6-13-25-24)18-17-27(21)16-12-22-10-14-26(15-11-22)20-23-7-3-2-4-8-23/h2-9,13,21-22H,10-12,14-20H2,1H3/t21-/m1/s1. The van der Waals surface area contributed by atoms with Crippen LogP contribution < -0.4 is 4.90 Å². The summed E-state index contributed by atoms with van der Waals surface area (Å²) in [4.78, 5) is 12.3. The number of piperazine rings is 1. The fourth-order valence-corrected chi connectivity index (χ4v) is 4.70. The van der Waals surface area contributed by atoms with E-state index in [1.165, 1.54) is 44.5 Å². The lowest BCUT2D eigenvalue weighted by atomic mass is 9.92. The van der Waals surface area contributed by atoms with E-state index in [4.69, 9.17) is 0 Å². The first kappa shape index (κ1) is 19.4. The van der Waals surface area contributed by atoms with E-state index < -0.39 is 0 Å². The van der Waals surface area contributed by atoms with E-state index in [0.717, 1.165) is 37.9 Å². The molecule has 0 amide bonds. The Morgan fingerprint density at radius 3 is 2.43 bits per heavy atom. The van der Waals surface area contributed by atoms with E-state index in [0.29, 0.717) is 6.04 Å². The highest BCUT2D eigenvalue weighted by Gasteiger charge is 2.26. The maximum atomic E-state index is 4.52. The molecule has 3 heterocycles. The number of rotatable bonds is 6. The van der Waals surface area contributed by atoms with Gasteiger partial charge in [0.25, 0.3) is 0 Å². The number of benzene rings is 1. The monoisotopic (exact) mass is 378 g/mol. The number of piperidine rings is 1. The predicted molar refractivity (Wildman–Crippen MR) is 117 cm³/mol. The molecule has 1 aromatic heterocycles. The van der Waals surface area contributed by atoms with Crippen molar-refractivity contribution in [3.63, 3.8) is 0 Å². The largest absolute Gasteiger partial charge is 0.354 e. The van der Waals surface area contributed by atoms with Gasteiger partial charge < -0.3 is 4.90 Å². The van der Waals surface area contributed by atoms with Crippen LogP contribution in [0.2, 0.25) is 0 Å². The van der Waals surface area contributed by atoms with Gasteiger partial charge in [-0.2, -0.15) is 0 Å². The summed E-state index contributed by atoms with van der Waals surface area (Å²) in [6, 6.07) is 17.7. The number of anilines is 1. The van der Waals surface area contributed by atoms with E-state index in [2.05, 4.69) is 69.1 Å². The van der Waals surface area contributed by atoms with Crippen LogP contribution in [0.15, 0.2) is 54.7 Å². The summed E-state index contributed by atoms with van der Waals surface area (Å²) >= 11 is 0. The fourth-order valence-electron chi connectivity index (χ4n) is 4.70. The topological polar surface area (TPSA) is 22.6 Å². The lowest BCUT2D eigenvalue weighted by Gasteiger charge is -2.41. The molecule has 2 aliphatic rings. The third-order valence-electron chi connectivity index (χ3n) is 6.52. The minimum atomic E-state index is 0.605. The number of likely N-dealkylation sites (tertiary alicyclic amines) is 1. The second-order valence-electron chi connectivity index (χ2n) is 8.51. The van der Waals surface area contributed by atoms with E-state index in [1.807, 2.05) is 12.3 Å². The summed E-state index contributed by atoms with van der Waals surface area (Å²) in [7, 11) is 0. The molecule has 0 unspecified atom stereocenters. The SMILES string of the molecule is C[C@@H]1CN(c2ccccn2)CCN1CCC1CCN(Cc2ccccc2)CC1. The van der Waals surface area contributed by atoms with Crippen molar-refractivity contribution >= 4 is 5.82 Å². The second kappa shape index (κ2) is 9.53. The van der Waals surface area contributed by atoms with Gasteiger partial charge in [-0.3, -0.25) is 9.80 Å². The number of pyridine rings is 1. The molecule has 2 aliphatic heterocycles. The Morgan fingerprint density at radius 2 is 1.71 bits per heavy atom. The zero-order chi connectivity index (χ0) is 19.2. The molecule has 0 saturated carbocycles. The van der Waals surface area contributed by atoms with Gasteiger partial charge in [0.2, 0.25) is 0 Å². The van der Waals surface area contributed by atoms with Crippen molar-refractivity contribution in [3.8, 4) is 0 Å². The van der Waals surface area contributed by atoms with Crippen LogP contribution in [0, 0.1) is 5.92 Å². The minimum Gasteiger partial charge on any atom is -0.354 e. The average molecular weight is 379 g/mol. The summed E-state index contributed by atoms with van der Waals surface area (Å²) in [5, 5.41) is 0. The van der Waals surface area contributed by atoms with Crippen LogP contribution in [-0.4, -0.2) is 60.1 Å². The smallest absolute Gasteiger partial charge is 0.128 e. The molecular formula is C24H34N4. The van der Waals surface area contributed by atoms with Crippen LogP contribution in [0.1, 0.15) is 31.7 Å². The fraction of sp³-hybridized carbons (Fsp3) is 0.542. The van der Waals surface area contributed by atoms with Gasteiger partial charge in [0, 0.05) is 38.4 Å². The molecule has 2 aromatic rings. The van der Waals surface area contributed by atoms with Crippen LogP contribution in [0.25, 0.3) is 0 Å². The van der Waals surface area contributed by atoms with Gasteiger partial charge in [-0.1, -0.05) is 36.4 Å². The highest BCUT2D eigenvalue weighted by atomic mass is 15.3. The van der Waals surface area contributed by atoms with Crippen LogP contribution in [-0.2, 0) is 6.54 Å². The molecule has 4 nitrogen and oxygen atoms in total. The summed E-state index contributed by atoms with van der Waals surface area (Å²) < 4.78 is 0. The number of hydrogen-bond donors (Lipinski definition) is 0. The highest BCUT2D eigenvalue weighted by molar-refractivity contribution is 5.38. The van der Waals surface area contributed by atoms with Gasteiger partial charge in [0.15, 0.2) is 0 Å². The van der Waals surface area contributed by atoms with Gasteiger partial charge in [-0.25, -0.2) is 4.98 Å². The molecule has 1 atom stereocenters. The summed E-state index contributed by atoms with van der Waals surface area (Å²) in [5.74, 6) is 2.02. The first-order valence-electron chi connectivity index (χ1n) is 10.9. The van der Waals surface area contributed by atoms with Gasteiger partial charge in [0.05, 0.1) is 0 Å². The predicted octanol–water partition coefficient (Wildman–Crippen LogP) is 3.89. The molecule has 4 heteroatoms. The van der Waals surface area contributed by atoms with Crippen molar-refractivity contribution in [2.75, 3.05) is 44.2 Å². The first-order chi connectivity index (χ1) is 13.8. The van der Waals surface area contributed by atoms with E-state index >= 15 is 0 Å². The molecule has 0 spiro atoms. The Hall–Kier alpha value is -1.91. The zero-order valence-electron chi connectivity index (χ0n) is 17.2. The van der Waals surface area contributed by atoms with E-state index in [-0.39, 0.29) is 0 Å². The zero-order valence-corrected chi connectivity index (χ0v) is 17.2. The lowest BCUT2D eigenvalue weighted by molar-refractivity contribution is 0.139. The van der Waals surface area contributed by atoms with Crippen molar-refractivity contribution < 1.29 is 0 Å². The summed E-state index contributed by atoms with van der Waals surface area (Å²) in [5.41, 5.74) is 1.44. The van der Waals surface area contributed by atoms with Crippen molar-refractivity contribution in [3.05, 3.63) is 60.3 Å². The summed E-state index contributed by atoms with van der Waals surface area (Å²) in [6.07, 6.45) is 5.97. The molecule has 0 N–H and O–H groups in total. The number of nitrogens with zero attached hydrogens (tertiary/aromatic N) is 4. The Morgan fingerprint density at radius 1 is 0.929 bits per heavy atom. The number of aromatic nitrogens is 1. The second-order valence-corrected chi connectivity index (χ2v) is 8.51. The van der Waals surface area contributed by atoms with Crippen molar-refractivity contribution in [2.24, 2.45) is 5.92 Å². The molecule has 0 bridgehead atoms. The molecule has 4 rings (SSSR count). The minimum absolute atomic E-state index is 0.605. The Labute approximate surface area is 170 Å². The maximum absolute atomic E-state index is 4.52. The van der Waals surface area contributed by atoms with Crippen LogP contribution in [0.4, 0.5) is 5.82 Å². The van der Waals surface area contributed by atoms with Crippen LogP contribution in [0.3, 0.4) is 0 Å². The first-order valence-corrected chi connectivity index (χ1v) is 10.9. The quantitative estimate of drug-likeness (QED) is 0.760. The molecule has 0 radical (unpaired) electrons. The maximum Gasteiger partial charge on any atom is 0.128 e. The average Bonchev–Trinajstić information content (AvgIpc) is 2.75. The van der Waals surface area contributed by atoms with Crippen LogP contribution >= 0.6 is 0 Å². The molecule has 0 aliphatic carbocycles. The Kier molecular flexibility index (Phi) is 6.61. The third kappa shape index (κ3) is 5.12. The van der Waals surface area contributed by atoms with Crippen LogP contribution in [0.5, 0.6) is 0 Å². The highest BCUT2D eigenvalue weighted by Crippen LogP contribution is 2.24. The van der Waals surface area contributed by atoms with Gasteiger partial charge in [-0.05, 0) is 69.4 Å². The normalized spacial score (nSPS) is 22.5.